The van der Waals surface area contributed by atoms with Crippen LogP contribution in [0.15, 0.2) is 16.7 Å². The average molecular weight is 456 g/mol. The van der Waals surface area contributed by atoms with Crippen LogP contribution in [0.2, 0.25) is 0 Å². The van der Waals surface area contributed by atoms with E-state index in [2.05, 4.69) is 12.1 Å². The van der Waals surface area contributed by atoms with Crippen LogP contribution in [0.25, 0.3) is 11.0 Å². The van der Waals surface area contributed by atoms with Crippen molar-refractivity contribution in [2.75, 3.05) is 6.61 Å². The predicted molar refractivity (Wildman–Crippen MR) is 63.9 cm³/mol. The second kappa shape index (κ2) is 6.61. The largest absolute Gasteiger partial charge is 0.525 e. The number of halogens is 3. The first-order chi connectivity index (χ1) is 8.99. The molecule has 0 aliphatic rings. The Morgan fingerprint density at radius 1 is 1.35 bits per heavy atom. The van der Waals surface area contributed by atoms with E-state index in [0.29, 0.717) is 17.7 Å². The Labute approximate surface area is 128 Å². The Balaban J connectivity index is 0.00000200. The Kier molecular flexibility index (Phi) is 5.63. The molecule has 0 aliphatic heterocycles. The SMILES string of the molecule is [CH2-]COc1ccc2c(C(F)(F)F)noc2c1CCC.[W]. The molecule has 0 spiro atoms. The number of ether oxygens (including phenoxy) is 1. The van der Waals surface area contributed by atoms with Gasteiger partial charge in [-0.25, -0.2) is 0 Å². The Hall–Kier alpha value is -1.03. The van der Waals surface area contributed by atoms with E-state index in [1.807, 2.05) is 6.92 Å². The molecule has 110 valence electrons. The summed E-state index contributed by atoms with van der Waals surface area (Å²) in [7, 11) is 0. The zero-order valence-electron chi connectivity index (χ0n) is 10.8. The molecule has 2 aromatic rings. The fraction of sp³-hybridized carbons (Fsp3) is 0.385. The first kappa shape index (κ1) is 17.0. The molecule has 3 nitrogen and oxygen atoms in total. The summed E-state index contributed by atoms with van der Waals surface area (Å²) < 4.78 is 48.4. The molecule has 0 saturated carbocycles. The van der Waals surface area contributed by atoms with Crippen LogP contribution in [-0.2, 0) is 33.7 Å². The number of rotatable bonds is 4. The molecule has 0 radical (unpaired) electrons. The van der Waals surface area contributed by atoms with Gasteiger partial charge in [0.1, 0.15) is 5.75 Å². The summed E-state index contributed by atoms with van der Waals surface area (Å²) in [4.78, 5) is 0. The van der Waals surface area contributed by atoms with E-state index in [1.165, 1.54) is 12.1 Å². The summed E-state index contributed by atoms with van der Waals surface area (Å²) in [5, 5.41) is 3.10. The summed E-state index contributed by atoms with van der Waals surface area (Å²) in [5.41, 5.74) is -0.257. The van der Waals surface area contributed by atoms with Gasteiger partial charge in [0.05, 0.1) is 5.39 Å². The minimum absolute atomic E-state index is 0. The van der Waals surface area contributed by atoms with Crippen LogP contribution in [0, 0.1) is 6.92 Å². The maximum Gasteiger partial charge on any atom is 0.437 e. The monoisotopic (exact) mass is 456 g/mol. The zero-order chi connectivity index (χ0) is 14.0. The number of benzene rings is 1. The van der Waals surface area contributed by atoms with Crippen LogP contribution >= 0.6 is 0 Å². The van der Waals surface area contributed by atoms with Gasteiger partial charge in [-0.05, 0) is 25.2 Å². The third kappa shape index (κ3) is 3.17. The van der Waals surface area contributed by atoms with Gasteiger partial charge in [0.25, 0.3) is 0 Å². The second-order valence-electron chi connectivity index (χ2n) is 4.05. The normalized spacial score (nSPS) is 11.4. The minimum atomic E-state index is -4.52. The van der Waals surface area contributed by atoms with Gasteiger partial charge in [-0.2, -0.15) is 13.2 Å². The van der Waals surface area contributed by atoms with E-state index in [1.54, 1.807) is 0 Å². The maximum atomic E-state index is 12.8. The summed E-state index contributed by atoms with van der Waals surface area (Å²) in [5.74, 6) is 0.495. The van der Waals surface area contributed by atoms with Crippen molar-refractivity contribution >= 4 is 11.0 Å². The van der Waals surface area contributed by atoms with Gasteiger partial charge >= 0.3 is 6.18 Å². The van der Waals surface area contributed by atoms with Crippen molar-refractivity contribution in [1.82, 2.24) is 5.16 Å². The van der Waals surface area contributed by atoms with Crippen molar-refractivity contribution in [3.8, 4) is 5.75 Å². The van der Waals surface area contributed by atoms with Crippen LogP contribution in [-0.4, -0.2) is 11.8 Å². The second-order valence-corrected chi connectivity index (χ2v) is 4.05. The third-order valence-electron chi connectivity index (χ3n) is 2.73. The van der Waals surface area contributed by atoms with Crippen molar-refractivity contribution in [1.29, 1.82) is 0 Å². The van der Waals surface area contributed by atoms with Crippen molar-refractivity contribution in [2.45, 2.75) is 25.9 Å². The molecule has 0 fully saturated rings. The molecule has 1 aromatic carbocycles. The minimum Gasteiger partial charge on any atom is -0.525 e. The molecule has 0 saturated heterocycles. The maximum absolute atomic E-state index is 12.8. The Bertz CT molecular complexity index is 581. The summed E-state index contributed by atoms with van der Waals surface area (Å²) >= 11 is 0. The van der Waals surface area contributed by atoms with Gasteiger partial charge in [0, 0.05) is 26.6 Å². The van der Waals surface area contributed by atoms with Gasteiger partial charge < -0.3 is 16.2 Å². The van der Waals surface area contributed by atoms with Crippen molar-refractivity contribution in [3.05, 3.63) is 30.3 Å². The number of hydrogen-bond donors (Lipinski definition) is 0. The fourth-order valence-corrected chi connectivity index (χ4v) is 1.98. The van der Waals surface area contributed by atoms with Crippen LogP contribution in [0.4, 0.5) is 13.2 Å². The zero-order valence-corrected chi connectivity index (χ0v) is 13.7. The first-order valence-corrected chi connectivity index (χ1v) is 5.89. The molecule has 20 heavy (non-hydrogen) atoms. The van der Waals surface area contributed by atoms with E-state index in [0.717, 1.165) is 6.42 Å². The molecule has 0 amide bonds. The predicted octanol–water partition coefficient (Wildman–Crippen LogP) is 4.01. The molecule has 0 bridgehead atoms. The van der Waals surface area contributed by atoms with Gasteiger partial charge in [-0.1, -0.05) is 18.5 Å². The van der Waals surface area contributed by atoms with E-state index >= 15 is 0 Å². The van der Waals surface area contributed by atoms with E-state index in [9.17, 15) is 13.2 Å². The standard InChI is InChI=1S/C13H13F3NO2.W/c1-3-5-8-10(18-4-2)7-6-9-11(8)19-17-12(9)13(14,15)16;/h6-7H,2-5H2,1H3;/q-1;. The van der Waals surface area contributed by atoms with Crippen molar-refractivity contribution in [3.63, 3.8) is 0 Å². The Morgan fingerprint density at radius 3 is 2.60 bits per heavy atom. The number of alkyl halides is 3. The molecule has 1 aromatic heterocycles. The third-order valence-corrected chi connectivity index (χ3v) is 2.73. The first-order valence-electron chi connectivity index (χ1n) is 5.89. The topological polar surface area (TPSA) is 35.3 Å². The van der Waals surface area contributed by atoms with Crippen molar-refractivity contribution in [2.24, 2.45) is 0 Å². The number of nitrogens with zero attached hydrogens (tertiary/aromatic N) is 1. The van der Waals surface area contributed by atoms with Crippen LogP contribution in [0.5, 0.6) is 5.75 Å². The van der Waals surface area contributed by atoms with Gasteiger partial charge in [0.2, 0.25) is 0 Å². The van der Waals surface area contributed by atoms with Crippen LogP contribution in [0.3, 0.4) is 0 Å². The summed E-state index contributed by atoms with van der Waals surface area (Å²) in [6.45, 7) is 5.68. The molecule has 0 unspecified atom stereocenters. The molecular formula is C13H13F3NO2W-. The number of hydrogen-bond acceptors (Lipinski definition) is 3. The van der Waals surface area contributed by atoms with E-state index < -0.39 is 11.9 Å². The van der Waals surface area contributed by atoms with Gasteiger partial charge in [-0.15, -0.1) is 0 Å². The molecular weight excluding hydrogens is 443 g/mol. The van der Waals surface area contributed by atoms with Gasteiger partial charge in [-0.3, -0.25) is 0 Å². The van der Waals surface area contributed by atoms with Crippen LogP contribution in [0.1, 0.15) is 24.6 Å². The molecule has 2 rings (SSSR count). The molecule has 0 N–H and O–H groups in total. The average Bonchev–Trinajstić information content (AvgIpc) is 2.76. The fourth-order valence-electron chi connectivity index (χ4n) is 1.98. The van der Waals surface area contributed by atoms with Crippen LogP contribution < -0.4 is 4.74 Å². The quantitative estimate of drug-likeness (QED) is 0.653. The Morgan fingerprint density at radius 2 is 2.05 bits per heavy atom. The van der Waals surface area contributed by atoms with E-state index in [4.69, 9.17) is 9.26 Å². The van der Waals surface area contributed by atoms with Crippen molar-refractivity contribution < 1.29 is 43.5 Å². The molecule has 7 heteroatoms. The number of fused-ring (bicyclic) bond motifs is 1. The summed E-state index contributed by atoms with van der Waals surface area (Å²) in [6, 6.07) is 2.82. The number of aryl methyl sites for hydroxylation is 1. The number of aromatic nitrogens is 1. The molecule has 0 aliphatic carbocycles. The summed E-state index contributed by atoms with van der Waals surface area (Å²) in [6.07, 6.45) is -3.21. The molecule has 0 atom stereocenters. The molecule has 1 heterocycles. The smallest absolute Gasteiger partial charge is 0.437 e. The van der Waals surface area contributed by atoms with Gasteiger partial charge in [0.15, 0.2) is 11.3 Å². The van der Waals surface area contributed by atoms with E-state index in [-0.39, 0.29) is 38.6 Å².